The summed E-state index contributed by atoms with van der Waals surface area (Å²) < 4.78 is 12.9. The van der Waals surface area contributed by atoms with Crippen molar-refractivity contribution in [2.75, 3.05) is 0 Å². The van der Waals surface area contributed by atoms with Gasteiger partial charge in [-0.1, -0.05) is 13.0 Å². The molecule has 1 aromatic carbocycles. The Morgan fingerprint density at radius 2 is 2.00 bits per heavy atom. The molecule has 0 aliphatic carbocycles. The van der Waals surface area contributed by atoms with Crippen LogP contribution in [0.3, 0.4) is 0 Å². The molecule has 0 N–H and O–H groups in total. The van der Waals surface area contributed by atoms with E-state index >= 15 is 0 Å². The fourth-order valence-electron chi connectivity index (χ4n) is 2.90. The fraction of sp³-hybridized carbons (Fsp3) is 0.190. The molecule has 0 atom stereocenters. The van der Waals surface area contributed by atoms with Gasteiger partial charge in [-0.05, 0) is 55.3 Å². The van der Waals surface area contributed by atoms with Crippen molar-refractivity contribution in [3.63, 3.8) is 0 Å². The molecule has 0 aliphatic heterocycles. The summed E-state index contributed by atoms with van der Waals surface area (Å²) in [5.74, 6) is 0.288. The molecule has 28 heavy (non-hydrogen) atoms. The van der Waals surface area contributed by atoms with Crippen LogP contribution in [-0.2, 0) is 17.8 Å². The number of benzene rings is 1. The molecule has 4 aromatic rings. The zero-order chi connectivity index (χ0) is 19.5. The molecule has 0 bridgehead atoms. The minimum atomic E-state index is -0.436. The average molecular weight is 393 g/mol. The Hall–Kier alpha value is -3.19. The third-order valence-electron chi connectivity index (χ3n) is 4.33. The lowest BCUT2D eigenvalue weighted by Gasteiger charge is -2.06. The van der Waals surface area contributed by atoms with Crippen molar-refractivity contribution >= 4 is 17.3 Å². The van der Waals surface area contributed by atoms with Gasteiger partial charge in [-0.2, -0.15) is 0 Å². The molecule has 0 unspecified atom stereocenters. The van der Waals surface area contributed by atoms with Crippen molar-refractivity contribution in [2.24, 2.45) is 0 Å². The van der Waals surface area contributed by atoms with Crippen molar-refractivity contribution in [1.82, 2.24) is 14.8 Å². The van der Waals surface area contributed by atoms with Crippen LogP contribution in [0.25, 0.3) is 16.5 Å². The predicted molar refractivity (Wildman–Crippen MR) is 107 cm³/mol. The van der Waals surface area contributed by atoms with Gasteiger partial charge in [0.2, 0.25) is 0 Å². The molecule has 0 amide bonds. The minimum Gasteiger partial charge on any atom is -0.452 e. The Bertz CT molecular complexity index is 1100. The fourth-order valence-corrected chi connectivity index (χ4v) is 3.93. The van der Waals surface area contributed by atoms with E-state index in [1.54, 1.807) is 23.5 Å². The summed E-state index contributed by atoms with van der Waals surface area (Å²) in [6, 6.07) is 13.1. The second-order valence-corrected chi connectivity index (χ2v) is 7.42. The zero-order valence-electron chi connectivity index (χ0n) is 15.6. The monoisotopic (exact) mass is 393 g/mol. The lowest BCUT2D eigenvalue weighted by molar-refractivity contribution is 0.0438. The number of aromatic nitrogens is 3. The maximum Gasteiger partial charge on any atom is 0.338 e. The molecule has 3 heterocycles. The number of rotatable bonds is 6. The van der Waals surface area contributed by atoms with E-state index in [1.807, 2.05) is 47.3 Å². The first-order valence-corrected chi connectivity index (χ1v) is 9.78. The highest BCUT2D eigenvalue weighted by atomic mass is 32.1. The smallest absolute Gasteiger partial charge is 0.338 e. The van der Waals surface area contributed by atoms with E-state index in [1.165, 1.54) is 10.4 Å². The van der Waals surface area contributed by atoms with Gasteiger partial charge < -0.3 is 13.7 Å². The van der Waals surface area contributed by atoms with Crippen molar-refractivity contribution in [3.05, 3.63) is 76.8 Å². The number of thiophene rings is 1. The Morgan fingerprint density at radius 3 is 2.75 bits per heavy atom. The molecule has 3 aromatic heterocycles. The summed E-state index contributed by atoms with van der Waals surface area (Å²) in [5, 5.41) is 8.06. The maximum absolute atomic E-state index is 12.4. The number of carbonyl (C=O) groups is 1. The first-order valence-electron chi connectivity index (χ1n) is 8.96. The van der Waals surface area contributed by atoms with Crippen LogP contribution in [0.15, 0.2) is 59.3 Å². The van der Waals surface area contributed by atoms with Crippen LogP contribution in [0.5, 0.6) is 0 Å². The van der Waals surface area contributed by atoms with Crippen LogP contribution >= 0.6 is 11.3 Å². The number of aryl methyl sites for hydroxylation is 2. The van der Waals surface area contributed by atoms with E-state index in [0.29, 0.717) is 11.5 Å². The highest BCUT2D eigenvalue weighted by Gasteiger charge is 2.15. The number of carbonyl (C=O) groups excluding carboxylic acids is 1. The summed E-state index contributed by atoms with van der Waals surface area (Å²) in [6.07, 6.45) is 4.80. The summed E-state index contributed by atoms with van der Waals surface area (Å²) in [7, 11) is 0. The lowest BCUT2D eigenvalue weighted by Crippen LogP contribution is -2.06. The molecular weight excluding hydrogens is 374 g/mol. The SMILES string of the molecule is CCc1sc(-c2nnc(COC(=O)c3cccc(-n4cccc4)c3)o2)cc1C. The van der Waals surface area contributed by atoms with Crippen LogP contribution in [0.2, 0.25) is 0 Å². The minimum absolute atomic E-state index is 0.0649. The Morgan fingerprint density at radius 1 is 1.18 bits per heavy atom. The normalized spacial score (nSPS) is 10.9. The number of esters is 1. The Kier molecular flexibility index (Phi) is 5.08. The lowest BCUT2D eigenvalue weighted by atomic mass is 10.2. The summed E-state index contributed by atoms with van der Waals surface area (Å²) in [6.45, 7) is 4.12. The van der Waals surface area contributed by atoms with E-state index in [9.17, 15) is 4.79 Å². The molecule has 0 fully saturated rings. The maximum atomic E-state index is 12.4. The van der Waals surface area contributed by atoms with Gasteiger partial charge in [0.25, 0.3) is 11.8 Å². The number of hydrogen-bond acceptors (Lipinski definition) is 6. The van der Waals surface area contributed by atoms with E-state index in [4.69, 9.17) is 9.15 Å². The largest absolute Gasteiger partial charge is 0.452 e. The summed E-state index contributed by atoms with van der Waals surface area (Å²) >= 11 is 1.64. The first kappa shape index (κ1) is 18.2. The van der Waals surface area contributed by atoms with Crippen molar-refractivity contribution < 1.29 is 13.9 Å². The molecular formula is C21H19N3O3S. The second kappa shape index (κ2) is 7.82. The molecule has 0 radical (unpaired) electrons. The molecule has 0 saturated carbocycles. The van der Waals surface area contributed by atoms with Gasteiger partial charge >= 0.3 is 5.97 Å². The van der Waals surface area contributed by atoms with Gasteiger partial charge in [0.15, 0.2) is 6.61 Å². The highest BCUT2D eigenvalue weighted by Crippen LogP contribution is 2.30. The quantitative estimate of drug-likeness (QED) is 0.439. The van der Waals surface area contributed by atoms with Gasteiger partial charge in [-0.3, -0.25) is 0 Å². The van der Waals surface area contributed by atoms with Crippen LogP contribution in [0, 0.1) is 6.92 Å². The van der Waals surface area contributed by atoms with Crippen LogP contribution in [-0.4, -0.2) is 20.7 Å². The standard InChI is InChI=1S/C21H19N3O3S/c1-3-17-14(2)11-18(28-17)20-23-22-19(27-20)13-26-21(25)15-7-6-8-16(12-15)24-9-4-5-10-24/h4-12H,3,13H2,1-2H3. The van der Waals surface area contributed by atoms with Crippen LogP contribution in [0.4, 0.5) is 0 Å². The van der Waals surface area contributed by atoms with Gasteiger partial charge in [0.05, 0.1) is 10.4 Å². The molecule has 142 valence electrons. The number of hydrogen-bond donors (Lipinski definition) is 0. The predicted octanol–water partition coefficient (Wildman–Crippen LogP) is 4.82. The van der Waals surface area contributed by atoms with Gasteiger partial charge in [0, 0.05) is 23.0 Å². The third-order valence-corrected chi connectivity index (χ3v) is 5.70. The van der Waals surface area contributed by atoms with Gasteiger partial charge in [-0.15, -0.1) is 21.5 Å². The Balaban J connectivity index is 1.43. The summed E-state index contributed by atoms with van der Waals surface area (Å²) in [5.41, 5.74) is 2.57. The highest BCUT2D eigenvalue weighted by molar-refractivity contribution is 7.15. The van der Waals surface area contributed by atoms with E-state index < -0.39 is 5.97 Å². The number of ether oxygens (including phenoxy) is 1. The summed E-state index contributed by atoms with van der Waals surface area (Å²) in [4.78, 5) is 14.6. The average Bonchev–Trinajstić information content (AvgIpc) is 3.46. The van der Waals surface area contributed by atoms with E-state index in [2.05, 4.69) is 24.0 Å². The molecule has 0 spiro atoms. The molecule has 0 saturated heterocycles. The van der Waals surface area contributed by atoms with Crippen LogP contribution < -0.4 is 0 Å². The van der Waals surface area contributed by atoms with E-state index in [0.717, 1.165) is 17.0 Å². The van der Waals surface area contributed by atoms with Gasteiger partial charge in [0.1, 0.15) is 0 Å². The van der Waals surface area contributed by atoms with Crippen LogP contribution in [0.1, 0.15) is 33.6 Å². The van der Waals surface area contributed by atoms with Gasteiger partial charge in [-0.25, -0.2) is 4.79 Å². The third kappa shape index (κ3) is 3.75. The van der Waals surface area contributed by atoms with Crippen molar-refractivity contribution in [2.45, 2.75) is 26.9 Å². The van der Waals surface area contributed by atoms with E-state index in [-0.39, 0.29) is 12.5 Å². The molecule has 0 aliphatic rings. The van der Waals surface area contributed by atoms with Crippen molar-refractivity contribution in [1.29, 1.82) is 0 Å². The molecule has 4 rings (SSSR count). The van der Waals surface area contributed by atoms with Crippen molar-refractivity contribution in [3.8, 4) is 16.5 Å². The zero-order valence-corrected chi connectivity index (χ0v) is 16.4. The molecule has 7 heteroatoms. The Labute approximate surface area is 166 Å². The topological polar surface area (TPSA) is 70.2 Å². The second-order valence-electron chi connectivity index (χ2n) is 6.29. The molecule has 6 nitrogen and oxygen atoms in total. The first-order chi connectivity index (χ1) is 13.6. The number of nitrogens with zero attached hydrogens (tertiary/aromatic N) is 3.